The maximum Gasteiger partial charge on any atom is 0.416 e. The summed E-state index contributed by atoms with van der Waals surface area (Å²) >= 11 is 0. The molecule has 0 spiro atoms. The number of carbonyl (C=O) groups excluding carboxylic acids is 2. The topological polar surface area (TPSA) is 80.3 Å². The molecule has 0 saturated carbocycles. The van der Waals surface area contributed by atoms with Crippen molar-refractivity contribution in [2.75, 3.05) is 7.05 Å². The van der Waals surface area contributed by atoms with Crippen molar-refractivity contribution in [3.05, 3.63) is 88.5 Å². The zero-order valence-corrected chi connectivity index (χ0v) is 18.6. The van der Waals surface area contributed by atoms with E-state index in [1.807, 2.05) is 12.1 Å². The Morgan fingerprint density at radius 3 is 2.51 bits per heavy atom. The highest BCUT2D eigenvalue weighted by atomic mass is 19.4. The Morgan fingerprint density at radius 2 is 1.77 bits per heavy atom. The number of benzene rings is 2. The van der Waals surface area contributed by atoms with Gasteiger partial charge in [-0.1, -0.05) is 6.07 Å². The van der Waals surface area contributed by atoms with Crippen LogP contribution in [0.2, 0.25) is 0 Å². The number of hydrogen-bond acceptors (Lipinski definition) is 4. The normalized spacial score (nSPS) is 15.2. The summed E-state index contributed by atoms with van der Waals surface area (Å²) in [5.41, 5.74) is 0.583. The third-order valence-corrected chi connectivity index (χ3v) is 5.66. The van der Waals surface area contributed by atoms with Crippen molar-refractivity contribution in [3.63, 3.8) is 0 Å². The Kier molecular flexibility index (Phi) is 6.72. The first kappa shape index (κ1) is 24.2. The molecular weight excluding hydrogens is 466 g/mol. The van der Waals surface area contributed by atoms with E-state index in [0.717, 1.165) is 17.2 Å². The van der Waals surface area contributed by atoms with Gasteiger partial charge in [-0.15, -0.1) is 0 Å². The lowest BCUT2D eigenvalue weighted by molar-refractivity contribution is -0.137. The number of rotatable bonds is 5. The summed E-state index contributed by atoms with van der Waals surface area (Å²) in [5.74, 6) is -1.30. The van der Waals surface area contributed by atoms with Crippen LogP contribution in [-0.2, 0) is 19.0 Å². The van der Waals surface area contributed by atoms with Crippen LogP contribution in [0.3, 0.4) is 0 Å². The predicted octanol–water partition coefficient (Wildman–Crippen LogP) is 4.68. The number of nitrogens with one attached hydrogen (secondary N) is 2. The van der Waals surface area contributed by atoms with Crippen LogP contribution in [0.1, 0.15) is 44.0 Å². The Labute approximate surface area is 198 Å². The van der Waals surface area contributed by atoms with Gasteiger partial charge in [0.25, 0.3) is 11.8 Å². The van der Waals surface area contributed by atoms with E-state index in [1.165, 1.54) is 19.3 Å². The summed E-state index contributed by atoms with van der Waals surface area (Å²) in [6.07, 6.45) is -1.64. The van der Waals surface area contributed by atoms with Crippen molar-refractivity contribution in [2.24, 2.45) is 0 Å². The molecule has 2 aromatic carbocycles. The molecule has 1 aliphatic carbocycles. The fourth-order valence-corrected chi connectivity index (χ4v) is 3.94. The Bertz CT molecular complexity index is 1280. The average Bonchev–Trinajstić information content (AvgIpc) is 2.82. The van der Waals surface area contributed by atoms with E-state index in [0.29, 0.717) is 42.9 Å². The molecule has 3 aromatic rings. The molecule has 35 heavy (non-hydrogen) atoms. The first-order valence-electron chi connectivity index (χ1n) is 10.8. The predicted molar refractivity (Wildman–Crippen MR) is 119 cm³/mol. The summed E-state index contributed by atoms with van der Waals surface area (Å²) in [6, 6.07) is 10.1. The van der Waals surface area contributed by atoms with Crippen molar-refractivity contribution in [3.8, 4) is 11.5 Å². The molecule has 1 heterocycles. The van der Waals surface area contributed by atoms with E-state index < -0.39 is 23.5 Å². The highest BCUT2D eigenvalue weighted by Crippen LogP contribution is 2.31. The smallest absolute Gasteiger partial charge is 0.416 e. The lowest BCUT2D eigenvalue weighted by atomic mass is 9.88. The molecule has 0 bridgehead atoms. The van der Waals surface area contributed by atoms with E-state index in [9.17, 15) is 27.2 Å². The van der Waals surface area contributed by atoms with Crippen LogP contribution in [0.25, 0.3) is 0 Å². The lowest BCUT2D eigenvalue weighted by Crippen LogP contribution is -2.39. The molecule has 0 aliphatic heterocycles. The molecule has 10 heteroatoms. The van der Waals surface area contributed by atoms with Gasteiger partial charge in [-0.3, -0.25) is 14.6 Å². The van der Waals surface area contributed by atoms with Gasteiger partial charge in [-0.25, -0.2) is 4.39 Å². The Hall–Kier alpha value is -3.95. The Balaban J connectivity index is 1.47. The fourth-order valence-electron chi connectivity index (χ4n) is 3.94. The minimum atomic E-state index is -4.76. The van der Waals surface area contributed by atoms with Gasteiger partial charge >= 0.3 is 6.18 Å². The molecule has 2 N–H and O–H groups in total. The number of ether oxygens (including phenoxy) is 1. The van der Waals surface area contributed by atoms with Gasteiger partial charge in [0.2, 0.25) is 0 Å². The molecule has 182 valence electrons. The zero-order chi connectivity index (χ0) is 25.2. The van der Waals surface area contributed by atoms with Gasteiger partial charge in [0.15, 0.2) is 0 Å². The van der Waals surface area contributed by atoms with Crippen molar-refractivity contribution < 1.29 is 31.9 Å². The molecule has 6 nitrogen and oxygen atoms in total. The molecule has 2 amide bonds. The number of halogens is 4. The van der Waals surface area contributed by atoms with Gasteiger partial charge in [-0.2, -0.15) is 13.2 Å². The van der Waals surface area contributed by atoms with Gasteiger partial charge < -0.3 is 15.4 Å². The molecule has 1 aromatic heterocycles. The maximum atomic E-state index is 13.7. The van der Waals surface area contributed by atoms with Crippen LogP contribution in [0.15, 0.2) is 54.7 Å². The van der Waals surface area contributed by atoms with E-state index in [-0.39, 0.29) is 23.2 Å². The number of alkyl halides is 3. The molecule has 4 rings (SSSR count). The van der Waals surface area contributed by atoms with Crippen molar-refractivity contribution in [2.45, 2.75) is 31.5 Å². The Morgan fingerprint density at radius 1 is 1.00 bits per heavy atom. The first-order valence-corrected chi connectivity index (χ1v) is 10.8. The molecule has 1 atom stereocenters. The second-order valence-electron chi connectivity index (χ2n) is 8.13. The van der Waals surface area contributed by atoms with Crippen LogP contribution in [-0.4, -0.2) is 29.9 Å². The summed E-state index contributed by atoms with van der Waals surface area (Å²) < 4.78 is 58.5. The summed E-state index contributed by atoms with van der Waals surface area (Å²) in [7, 11) is 1.50. The second-order valence-corrected chi connectivity index (χ2v) is 8.13. The molecule has 1 unspecified atom stereocenters. The first-order chi connectivity index (χ1) is 16.6. The van der Waals surface area contributed by atoms with E-state index in [4.69, 9.17) is 4.74 Å². The highest BCUT2D eigenvalue weighted by Gasteiger charge is 2.32. The standard InChI is InChI=1S/C25H21F4N3O3/c1-30-24(34)22-13-21(6-7-31-22)35-20-5-3-14-2-4-19(10-15(14)11-20)32-23(33)16-8-17(25(27,28)29)12-18(26)9-16/h3,5-9,11-13,19H,2,4,10H2,1H3,(H,30,34)(H,32,33). The number of aryl methyl sites for hydroxylation is 1. The number of carbonyl (C=O) groups is 2. The summed E-state index contributed by atoms with van der Waals surface area (Å²) in [5, 5.41) is 5.20. The van der Waals surface area contributed by atoms with Crippen LogP contribution < -0.4 is 15.4 Å². The van der Waals surface area contributed by atoms with Crippen LogP contribution in [0.4, 0.5) is 17.6 Å². The van der Waals surface area contributed by atoms with Crippen LogP contribution in [0.5, 0.6) is 11.5 Å². The van der Waals surface area contributed by atoms with Gasteiger partial charge in [0.05, 0.1) is 5.56 Å². The molecular formula is C25H21F4N3O3. The zero-order valence-electron chi connectivity index (χ0n) is 18.6. The van der Waals surface area contributed by atoms with Crippen LogP contribution >= 0.6 is 0 Å². The number of aromatic nitrogens is 1. The van der Waals surface area contributed by atoms with Crippen LogP contribution in [0, 0.1) is 5.82 Å². The van der Waals surface area contributed by atoms with E-state index in [2.05, 4.69) is 15.6 Å². The summed E-state index contributed by atoms with van der Waals surface area (Å²) in [4.78, 5) is 28.3. The second kappa shape index (κ2) is 9.73. The quantitative estimate of drug-likeness (QED) is 0.513. The van der Waals surface area contributed by atoms with Gasteiger partial charge in [-0.05, 0) is 66.8 Å². The number of fused-ring (bicyclic) bond motifs is 1. The average molecular weight is 487 g/mol. The third kappa shape index (κ3) is 5.76. The molecule has 0 saturated heterocycles. The van der Waals surface area contributed by atoms with Gasteiger partial charge in [0, 0.05) is 30.9 Å². The number of hydrogen-bond donors (Lipinski definition) is 2. The van der Waals surface area contributed by atoms with E-state index >= 15 is 0 Å². The monoisotopic (exact) mass is 487 g/mol. The maximum absolute atomic E-state index is 13.7. The van der Waals surface area contributed by atoms with Gasteiger partial charge in [0.1, 0.15) is 23.0 Å². The van der Waals surface area contributed by atoms with Crippen molar-refractivity contribution in [1.82, 2.24) is 15.6 Å². The van der Waals surface area contributed by atoms with E-state index in [1.54, 1.807) is 12.1 Å². The van der Waals surface area contributed by atoms with Crippen molar-refractivity contribution >= 4 is 11.8 Å². The fraction of sp³-hybridized carbons (Fsp3) is 0.240. The largest absolute Gasteiger partial charge is 0.457 e. The molecule has 0 radical (unpaired) electrons. The number of amides is 2. The summed E-state index contributed by atoms with van der Waals surface area (Å²) in [6.45, 7) is 0. The van der Waals surface area contributed by atoms with Crippen molar-refractivity contribution in [1.29, 1.82) is 0 Å². The minimum absolute atomic E-state index is 0.205. The SMILES string of the molecule is CNC(=O)c1cc(Oc2ccc3c(c2)CC(NC(=O)c2cc(F)cc(C(F)(F)F)c2)CC3)ccn1. The molecule has 0 fully saturated rings. The number of nitrogens with zero attached hydrogens (tertiary/aromatic N) is 1. The number of pyridine rings is 1. The highest BCUT2D eigenvalue weighted by molar-refractivity contribution is 5.94. The third-order valence-electron chi connectivity index (χ3n) is 5.66. The lowest BCUT2D eigenvalue weighted by Gasteiger charge is -2.26. The minimum Gasteiger partial charge on any atom is -0.457 e. The molecule has 1 aliphatic rings.